The summed E-state index contributed by atoms with van der Waals surface area (Å²) in [4.78, 5) is 0. The minimum atomic E-state index is -4.65. The highest BCUT2D eigenvalue weighted by Gasteiger charge is 2.68. The number of aliphatic hydroxyl groups is 2. The summed E-state index contributed by atoms with van der Waals surface area (Å²) in [5.74, 6) is 0.287. The van der Waals surface area contributed by atoms with E-state index in [4.69, 9.17) is 0 Å². The fourth-order valence-corrected chi connectivity index (χ4v) is 9.03. The summed E-state index contributed by atoms with van der Waals surface area (Å²) in [5.41, 5.74) is 0.193. The Morgan fingerprint density at radius 3 is 2.37 bits per heavy atom. The standard InChI is InChI=1S/C30H41F3O2/c1-19-4-6-20(7-5-19)12-17-29(35,30(31,32)33)26-11-10-24-23-9-8-21-18-22(34)13-15-27(21,2)25(23)14-16-28(24,26)3/h4-8,22-26,34-35H,9-18H2,1-3H3/t22-,23-,24-,25-,26-,27-,28-,29+/m0/s1. The number of hydrogen-bond acceptors (Lipinski definition) is 2. The van der Waals surface area contributed by atoms with Crippen molar-refractivity contribution >= 4 is 0 Å². The van der Waals surface area contributed by atoms with Gasteiger partial charge in [0, 0.05) is 5.92 Å². The molecule has 8 atom stereocenters. The van der Waals surface area contributed by atoms with Crippen LogP contribution in [0, 0.1) is 41.4 Å². The van der Waals surface area contributed by atoms with Gasteiger partial charge in [0.15, 0.2) is 5.60 Å². The largest absolute Gasteiger partial charge is 0.417 e. The molecular formula is C30H41F3O2. The first-order valence-electron chi connectivity index (χ1n) is 13.6. The Morgan fingerprint density at radius 2 is 1.69 bits per heavy atom. The van der Waals surface area contributed by atoms with Gasteiger partial charge in [-0.2, -0.15) is 13.2 Å². The number of fused-ring (bicyclic) bond motifs is 5. The van der Waals surface area contributed by atoms with Crippen molar-refractivity contribution in [1.29, 1.82) is 0 Å². The number of benzene rings is 1. The van der Waals surface area contributed by atoms with E-state index in [1.54, 1.807) is 0 Å². The molecule has 35 heavy (non-hydrogen) atoms. The predicted octanol–water partition coefficient (Wildman–Crippen LogP) is 7.16. The van der Waals surface area contributed by atoms with Crippen molar-refractivity contribution < 1.29 is 23.4 Å². The molecule has 0 heterocycles. The van der Waals surface area contributed by atoms with Crippen LogP contribution in [0.2, 0.25) is 0 Å². The average Bonchev–Trinajstić information content (AvgIpc) is 3.16. The van der Waals surface area contributed by atoms with Crippen molar-refractivity contribution in [2.24, 2.45) is 34.5 Å². The number of aryl methyl sites for hydroxylation is 2. The molecule has 4 aliphatic rings. The second-order valence-corrected chi connectivity index (χ2v) is 12.7. The smallest absolute Gasteiger partial charge is 0.393 e. The number of rotatable bonds is 4. The predicted molar refractivity (Wildman–Crippen MR) is 132 cm³/mol. The van der Waals surface area contributed by atoms with Crippen LogP contribution in [-0.2, 0) is 6.42 Å². The first-order valence-corrected chi connectivity index (χ1v) is 13.6. The summed E-state index contributed by atoms with van der Waals surface area (Å²) in [7, 11) is 0. The molecule has 0 bridgehead atoms. The van der Waals surface area contributed by atoms with Crippen LogP contribution in [0.15, 0.2) is 35.9 Å². The second kappa shape index (κ2) is 8.62. The van der Waals surface area contributed by atoms with Crippen LogP contribution >= 0.6 is 0 Å². The molecule has 1 aromatic rings. The molecule has 3 fully saturated rings. The number of hydrogen-bond donors (Lipinski definition) is 2. The van der Waals surface area contributed by atoms with E-state index in [9.17, 15) is 23.4 Å². The van der Waals surface area contributed by atoms with Crippen molar-refractivity contribution in [3.8, 4) is 0 Å². The molecule has 4 aliphatic carbocycles. The molecule has 1 aromatic carbocycles. The van der Waals surface area contributed by atoms with Crippen molar-refractivity contribution in [3.63, 3.8) is 0 Å². The molecule has 194 valence electrons. The highest BCUT2D eigenvalue weighted by molar-refractivity contribution is 5.26. The van der Waals surface area contributed by atoms with Crippen molar-refractivity contribution in [2.75, 3.05) is 0 Å². The molecule has 0 unspecified atom stereocenters. The fraction of sp³-hybridized carbons (Fsp3) is 0.733. The van der Waals surface area contributed by atoms with Crippen molar-refractivity contribution in [3.05, 3.63) is 47.0 Å². The zero-order chi connectivity index (χ0) is 25.2. The summed E-state index contributed by atoms with van der Waals surface area (Å²) < 4.78 is 43.9. The first kappa shape index (κ1) is 25.3. The maximum absolute atomic E-state index is 14.6. The fourth-order valence-electron chi connectivity index (χ4n) is 9.03. The molecule has 0 spiro atoms. The third-order valence-corrected chi connectivity index (χ3v) is 11.1. The average molecular weight is 491 g/mol. The minimum absolute atomic E-state index is 0.0628. The summed E-state index contributed by atoms with van der Waals surface area (Å²) in [6.45, 7) is 6.36. The van der Waals surface area contributed by atoms with E-state index in [0.29, 0.717) is 18.3 Å². The van der Waals surface area contributed by atoms with Crippen LogP contribution in [0.25, 0.3) is 0 Å². The Labute approximate surface area is 208 Å². The minimum Gasteiger partial charge on any atom is -0.393 e. The molecule has 2 nitrogen and oxygen atoms in total. The van der Waals surface area contributed by atoms with Gasteiger partial charge in [-0.15, -0.1) is 0 Å². The van der Waals surface area contributed by atoms with E-state index in [0.717, 1.165) is 56.1 Å². The van der Waals surface area contributed by atoms with Gasteiger partial charge in [-0.3, -0.25) is 0 Å². The molecule has 0 saturated heterocycles. The van der Waals surface area contributed by atoms with Gasteiger partial charge in [-0.1, -0.05) is 55.3 Å². The van der Waals surface area contributed by atoms with Crippen molar-refractivity contribution in [1.82, 2.24) is 0 Å². The lowest BCUT2D eigenvalue weighted by Crippen LogP contribution is -2.58. The lowest BCUT2D eigenvalue weighted by molar-refractivity contribution is -0.295. The zero-order valence-electron chi connectivity index (χ0n) is 21.4. The first-order chi connectivity index (χ1) is 16.4. The summed E-state index contributed by atoms with van der Waals surface area (Å²) in [6, 6.07) is 7.60. The monoisotopic (exact) mass is 490 g/mol. The van der Waals surface area contributed by atoms with Gasteiger partial charge < -0.3 is 10.2 Å². The van der Waals surface area contributed by atoms with Gasteiger partial charge >= 0.3 is 6.18 Å². The van der Waals surface area contributed by atoms with E-state index < -0.39 is 23.1 Å². The third-order valence-electron chi connectivity index (χ3n) is 11.1. The highest BCUT2D eigenvalue weighted by Crippen LogP contribution is 2.68. The van der Waals surface area contributed by atoms with Crippen LogP contribution in [0.3, 0.4) is 0 Å². The van der Waals surface area contributed by atoms with Gasteiger partial charge in [0.2, 0.25) is 0 Å². The highest BCUT2D eigenvalue weighted by atomic mass is 19.4. The van der Waals surface area contributed by atoms with E-state index in [1.165, 1.54) is 5.57 Å². The number of allylic oxidation sites excluding steroid dienone is 1. The van der Waals surface area contributed by atoms with Gasteiger partial charge in [-0.05, 0) is 105 Å². The quantitative estimate of drug-likeness (QED) is 0.440. The Bertz CT molecular complexity index is 969. The molecule has 5 heteroatoms. The Hall–Kier alpha value is -1.33. The summed E-state index contributed by atoms with van der Waals surface area (Å²) >= 11 is 0. The normalized spacial score (nSPS) is 40.8. The van der Waals surface area contributed by atoms with Crippen LogP contribution in [0.1, 0.15) is 82.8 Å². The molecule has 0 amide bonds. The lowest BCUT2D eigenvalue weighted by atomic mass is 9.46. The Balaban J connectivity index is 1.41. The van der Waals surface area contributed by atoms with Crippen LogP contribution in [0.4, 0.5) is 13.2 Å². The molecular weight excluding hydrogens is 449 g/mol. The van der Waals surface area contributed by atoms with Gasteiger partial charge in [-0.25, -0.2) is 0 Å². The Morgan fingerprint density at radius 1 is 0.971 bits per heavy atom. The molecule has 5 rings (SSSR count). The number of halogens is 3. The van der Waals surface area contributed by atoms with Crippen LogP contribution < -0.4 is 0 Å². The van der Waals surface area contributed by atoms with Gasteiger partial charge in [0.05, 0.1) is 6.10 Å². The van der Waals surface area contributed by atoms with E-state index in [2.05, 4.69) is 19.9 Å². The Kier molecular flexibility index (Phi) is 6.23. The molecule has 2 N–H and O–H groups in total. The maximum Gasteiger partial charge on any atom is 0.417 e. The lowest BCUT2D eigenvalue weighted by Gasteiger charge is -2.59. The van der Waals surface area contributed by atoms with E-state index in [-0.39, 0.29) is 30.3 Å². The van der Waals surface area contributed by atoms with Crippen molar-refractivity contribution in [2.45, 2.75) is 103 Å². The summed E-state index contributed by atoms with van der Waals surface area (Å²) in [6.07, 6.45) is 3.68. The van der Waals surface area contributed by atoms with Gasteiger partial charge in [0.1, 0.15) is 0 Å². The second-order valence-electron chi connectivity index (χ2n) is 12.7. The third kappa shape index (κ3) is 4.00. The molecule has 0 radical (unpaired) electrons. The van der Waals surface area contributed by atoms with Gasteiger partial charge in [0.25, 0.3) is 0 Å². The number of aliphatic hydroxyl groups excluding tert-OH is 1. The number of alkyl halides is 3. The molecule has 0 aromatic heterocycles. The molecule has 3 saturated carbocycles. The topological polar surface area (TPSA) is 40.5 Å². The maximum atomic E-state index is 14.6. The summed E-state index contributed by atoms with van der Waals surface area (Å²) in [5, 5.41) is 21.7. The SMILES string of the molecule is Cc1ccc(CC[C@@](O)([C@H]2CC[C@H]3[C@@H]4CC=C5C[C@@H](O)CC[C@]5(C)[C@H]4CC[C@@]32C)C(F)(F)F)cc1. The molecule has 0 aliphatic heterocycles. The van der Waals surface area contributed by atoms with Crippen LogP contribution in [0.5, 0.6) is 0 Å². The van der Waals surface area contributed by atoms with E-state index in [1.807, 2.05) is 31.2 Å². The zero-order valence-corrected chi connectivity index (χ0v) is 21.4. The van der Waals surface area contributed by atoms with Crippen LogP contribution in [-0.4, -0.2) is 28.1 Å². The van der Waals surface area contributed by atoms with E-state index >= 15 is 0 Å².